The molecule has 0 saturated heterocycles. The van der Waals surface area contributed by atoms with Gasteiger partial charge >= 0.3 is 0 Å². The zero-order valence-electron chi connectivity index (χ0n) is 13.6. The standard InChI is InChI=1S/C18H19N3O2S/c1-19-18-21(13-4-2-3-5-13)9-12-6-11-7-15-16(23-10-22-15)8-14(11)20-17(12)24-18/h6-8,13H,2-5,9-10H2,1H3. The molecule has 5 nitrogen and oxygen atoms in total. The third-order valence-corrected chi connectivity index (χ3v) is 6.23. The Hall–Kier alpha value is -1.95. The lowest BCUT2D eigenvalue weighted by Gasteiger charge is -2.35. The van der Waals surface area contributed by atoms with Crippen molar-refractivity contribution in [3.63, 3.8) is 0 Å². The van der Waals surface area contributed by atoms with Crippen molar-refractivity contribution in [3.8, 4) is 11.5 Å². The molecule has 1 aromatic heterocycles. The Balaban J connectivity index is 1.58. The number of hydrogen-bond donors (Lipinski definition) is 0. The Labute approximate surface area is 145 Å². The van der Waals surface area contributed by atoms with Crippen molar-refractivity contribution in [1.29, 1.82) is 0 Å². The maximum Gasteiger partial charge on any atom is 0.231 e. The van der Waals surface area contributed by atoms with Gasteiger partial charge in [0.25, 0.3) is 0 Å². The second-order valence-electron chi connectivity index (χ2n) is 6.53. The molecule has 6 heteroatoms. The van der Waals surface area contributed by atoms with E-state index in [0.717, 1.165) is 39.1 Å². The maximum atomic E-state index is 5.50. The van der Waals surface area contributed by atoms with E-state index < -0.39 is 0 Å². The number of aromatic nitrogens is 1. The summed E-state index contributed by atoms with van der Waals surface area (Å²) in [5.41, 5.74) is 2.24. The summed E-state index contributed by atoms with van der Waals surface area (Å²) in [4.78, 5) is 11.9. The number of benzene rings is 1. The summed E-state index contributed by atoms with van der Waals surface area (Å²) < 4.78 is 11.0. The van der Waals surface area contributed by atoms with E-state index >= 15 is 0 Å². The second kappa shape index (κ2) is 5.55. The van der Waals surface area contributed by atoms with Crippen LogP contribution in [0.25, 0.3) is 10.9 Å². The van der Waals surface area contributed by atoms with Crippen molar-refractivity contribution in [2.75, 3.05) is 13.8 Å². The van der Waals surface area contributed by atoms with Crippen LogP contribution in [0.5, 0.6) is 11.5 Å². The molecule has 3 heterocycles. The third kappa shape index (κ3) is 2.24. The lowest BCUT2D eigenvalue weighted by Crippen LogP contribution is -2.39. The van der Waals surface area contributed by atoms with E-state index in [-0.39, 0.29) is 0 Å². The maximum absolute atomic E-state index is 5.50. The second-order valence-corrected chi connectivity index (χ2v) is 7.48. The fourth-order valence-electron chi connectivity index (χ4n) is 3.86. The average Bonchev–Trinajstić information content (AvgIpc) is 3.27. The van der Waals surface area contributed by atoms with Gasteiger partial charge in [-0.1, -0.05) is 12.8 Å². The predicted molar refractivity (Wildman–Crippen MR) is 94.9 cm³/mol. The normalized spacial score (nSPS) is 21.7. The number of nitrogens with zero attached hydrogens (tertiary/aromatic N) is 3. The molecule has 1 aliphatic carbocycles. The van der Waals surface area contributed by atoms with Gasteiger partial charge in [0.1, 0.15) is 5.03 Å². The van der Waals surface area contributed by atoms with Gasteiger partial charge in [-0.2, -0.15) is 0 Å². The highest BCUT2D eigenvalue weighted by molar-refractivity contribution is 8.13. The molecule has 1 fully saturated rings. The molecule has 0 amide bonds. The van der Waals surface area contributed by atoms with Crippen LogP contribution in [-0.4, -0.2) is 34.9 Å². The summed E-state index contributed by atoms with van der Waals surface area (Å²) in [6, 6.07) is 6.89. The van der Waals surface area contributed by atoms with Crippen LogP contribution in [0.15, 0.2) is 28.2 Å². The smallest absolute Gasteiger partial charge is 0.231 e. The highest BCUT2D eigenvalue weighted by atomic mass is 32.2. The zero-order chi connectivity index (χ0) is 16.1. The highest BCUT2D eigenvalue weighted by Gasteiger charge is 2.31. The molecular weight excluding hydrogens is 322 g/mol. The molecule has 0 atom stereocenters. The van der Waals surface area contributed by atoms with Crippen molar-refractivity contribution >= 4 is 27.8 Å². The van der Waals surface area contributed by atoms with E-state index in [2.05, 4.69) is 16.0 Å². The number of thioether (sulfide) groups is 1. The van der Waals surface area contributed by atoms with Crippen LogP contribution < -0.4 is 9.47 Å². The number of pyridine rings is 1. The first kappa shape index (κ1) is 14.4. The van der Waals surface area contributed by atoms with Gasteiger partial charge in [0.2, 0.25) is 6.79 Å². The SMILES string of the molecule is CN=C1Sc2nc3cc4c(cc3cc2CN1C1CCCC1)OCO4. The molecule has 1 saturated carbocycles. The van der Waals surface area contributed by atoms with Crippen LogP contribution in [0.3, 0.4) is 0 Å². The zero-order valence-corrected chi connectivity index (χ0v) is 14.4. The molecule has 0 radical (unpaired) electrons. The Morgan fingerprint density at radius 3 is 2.75 bits per heavy atom. The summed E-state index contributed by atoms with van der Waals surface area (Å²) in [5.74, 6) is 1.60. The largest absolute Gasteiger partial charge is 0.454 e. The van der Waals surface area contributed by atoms with E-state index in [9.17, 15) is 0 Å². The van der Waals surface area contributed by atoms with Gasteiger partial charge in [-0.25, -0.2) is 4.98 Å². The topological polar surface area (TPSA) is 47.0 Å². The van der Waals surface area contributed by atoms with E-state index in [4.69, 9.17) is 14.5 Å². The lowest BCUT2D eigenvalue weighted by atomic mass is 10.1. The summed E-state index contributed by atoms with van der Waals surface area (Å²) in [7, 11) is 1.88. The van der Waals surface area contributed by atoms with Gasteiger partial charge in [0, 0.05) is 36.7 Å². The summed E-state index contributed by atoms with van der Waals surface area (Å²) in [5, 5.41) is 3.28. The molecule has 0 spiro atoms. The molecule has 0 unspecified atom stereocenters. The molecule has 2 aromatic rings. The predicted octanol–water partition coefficient (Wildman–Crippen LogP) is 3.80. The van der Waals surface area contributed by atoms with Gasteiger partial charge in [-0.3, -0.25) is 4.99 Å². The van der Waals surface area contributed by atoms with E-state index in [0.29, 0.717) is 12.8 Å². The van der Waals surface area contributed by atoms with Crippen molar-refractivity contribution in [2.24, 2.45) is 4.99 Å². The van der Waals surface area contributed by atoms with Crippen LogP contribution in [0.1, 0.15) is 31.2 Å². The van der Waals surface area contributed by atoms with Crippen LogP contribution >= 0.6 is 11.8 Å². The number of rotatable bonds is 1. The molecule has 2 aliphatic heterocycles. The Kier molecular flexibility index (Phi) is 3.33. The highest BCUT2D eigenvalue weighted by Crippen LogP contribution is 2.40. The quantitative estimate of drug-likeness (QED) is 0.789. The molecule has 24 heavy (non-hydrogen) atoms. The fourth-order valence-corrected chi connectivity index (χ4v) is 4.86. The van der Waals surface area contributed by atoms with Crippen molar-refractivity contribution < 1.29 is 9.47 Å². The van der Waals surface area contributed by atoms with E-state index in [1.54, 1.807) is 11.8 Å². The van der Waals surface area contributed by atoms with E-state index in [1.807, 2.05) is 19.2 Å². The minimum atomic E-state index is 0.294. The summed E-state index contributed by atoms with van der Waals surface area (Å²) in [6.07, 6.45) is 5.20. The van der Waals surface area contributed by atoms with Crippen LogP contribution in [0, 0.1) is 0 Å². The van der Waals surface area contributed by atoms with Crippen molar-refractivity contribution in [1.82, 2.24) is 9.88 Å². The summed E-state index contributed by atoms with van der Waals surface area (Å²) >= 11 is 1.69. The van der Waals surface area contributed by atoms with Gasteiger partial charge in [0.05, 0.1) is 5.52 Å². The third-order valence-electron chi connectivity index (χ3n) is 5.08. The van der Waals surface area contributed by atoms with Gasteiger partial charge in [-0.15, -0.1) is 0 Å². The molecule has 3 aliphatic rings. The Morgan fingerprint density at radius 2 is 1.96 bits per heavy atom. The van der Waals surface area contributed by atoms with Crippen LogP contribution in [0.4, 0.5) is 0 Å². The molecule has 124 valence electrons. The van der Waals surface area contributed by atoms with Gasteiger partial charge < -0.3 is 14.4 Å². The van der Waals surface area contributed by atoms with Crippen molar-refractivity contribution in [2.45, 2.75) is 43.3 Å². The van der Waals surface area contributed by atoms with Gasteiger partial charge in [0.15, 0.2) is 16.7 Å². The van der Waals surface area contributed by atoms with Crippen LogP contribution in [0.2, 0.25) is 0 Å². The number of aliphatic imine (C=N–C) groups is 1. The molecule has 0 bridgehead atoms. The first-order valence-corrected chi connectivity index (χ1v) is 9.28. The summed E-state index contributed by atoms with van der Waals surface area (Å²) in [6.45, 7) is 1.19. The molecule has 0 N–H and O–H groups in total. The van der Waals surface area contributed by atoms with Crippen LogP contribution in [-0.2, 0) is 6.54 Å². The van der Waals surface area contributed by atoms with Gasteiger partial charge in [-0.05, 0) is 36.7 Å². The molecular formula is C18H19N3O2S. The number of amidine groups is 1. The Bertz CT molecular complexity index is 846. The fraction of sp³-hybridized carbons (Fsp3) is 0.444. The minimum Gasteiger partial charge on any atom is -0.454 e. The molecule has 5 rings (SSSR count). The minimum absolute atomic E-state index is 0.294. The Morgan fingerprint density at radius 1 is 1.17 bits per heavy atom. The van der Waals surface area contributed by atoms with Crippen molar-refractivity contribution in [3.05, 3.63) is 23.8 Å². The number of fused-ring (bicyclic) bond motifs is 3. The first-order chi connectivity index (χ1) is 11.8. The van der Waals surface area contributed by atoms with E-state index in [1.165, 1.54) is 31.2 Å². The number of ether oxygens (including phenoxy) is 2. The average molecular weight is 341 g/mol. The number of hydrogen-bond acceptors (Lipinski definition) is 5. The lowest BCUT2D eigenvalue weighted by molar-refractivity contribution is 0.174. The molecule has 1 aromatic carbocycles. The monoisotopic (exact) mass is 341 g/mol. The first-order valence-electron chi connectivity index (χ1n) is 8.46.